The number of anilines is 1. The quantitative estimate of drug-likeness (QED) is 0.759. The van der Waals surface area contributed by atoms with Gasteiger partial charge in [-0.3, -0.25) is 0 Å². The molecular formula is C16H32N4S. The van der Waals surface area contributed by atoms with E-state index in [1.807, 2.05) is 11.3 Å². The molecule has 5 heteroatoms. The molecule has 122 valence electrons. The van der Waals surface area contributed by atoms with Crippen molar-refractivity contribution in [1.29, 1.82) is 0 Å². The van der Waals surface area contributed by atoms with Crippen LogP contribution in [0.1, 0.15) is 45.2 Å². The second kappa shape index (κ2) is 8.71. The lowest BCUT2D eigenvalue weighted by Gasteiger charge is -2.29. The van der Waals surface area contributed by atoms with Gasteiger partial charge in [0.1, 0.15) is 0 Å². The van der Waals surface area contributed by atoms with Crippen molar-refractivity contribution >= 4 is 16.5 Å². The topological polar surface area (TPSA) is 31.4 Å². The zero-order valence-electron chi connectivity index (χ0n) is 14.7. The maximum Gasteiger partial charge on any atom is 0.186 e. The number of aryl methyl sites for hydroxylation is 1. The first-order valence-corrected chi connectivity index (χ1v) is 8.83. The summed E-state index contributed by atoms with van der Waals surface area (Å²) >= 11 is 1.85. The molecule has 0 amide bonds. The number of hydrogen-bond acceptors (Lipinski definition) is 5. The van der Waals surface area contributed by atoms with E-state index >= 15 is 0 Å². The maximum atomic E-state index is 4.89. The summed E-state index contributed by atoms with van der Waals surface area (Å²) in [6, 6.07) is 0.988. The Kier molecular flexibility index (Phi) is 7.63. The van der Waals surface area contributed by atoms with Crippen molar-refractivity contribution in [2.75, 3.05) is 32.1 Å². The Morgan fingerprint density at radius 2 is 1.86 bits per heavy atom. The molecule has 0 aliphatic carbocycles. The molecule has 1 heterocycles. The number of likely N-dealkylation sites (N-methyl/N-ethyl adjacent to an activating group) is 2. The van der Waals surface area contributed by atoms with E-state index in [0.29, 0.717) is 12.1 Å². The van der Waals surface area contributed by atoms with E-state index in [1.54, 1.807) is 0 Å². The minimum absolute atomic E-state index is 0.478. The van der Waals surface area contributed by atoms with E-state index in [4.69, 9.17) is 4.98 Å². The molecule has 1 unspecified atom stereocenters. The molecule has 0 aliphatic rings. The SMILES string of the molecule is CCc1nc(N(CC)C(C)CN(C)C)sc1CNC(C)C. The third-order valence-electron chi connectivity index (χ3n) is 3.52. The van der Waals surface area contributed by atoms with E-state index in [2.05, 4.69) is 63.8 Å². The first kappa shape index (κ1) is 18.4. The predicted octanol–water partition coefficient (Wildman–Crippen LogP) is 2.98. The van der Waals surface area contributed by atoms with E-state index in [-0.39, 0.29) is 0 Å². The summed E-state index contributed by atoms with van der Waals surface area (Å²) in [6.45, 7) is 14.0. The fourth-order valence-corrected chi connectivity index (χ4v) is 3.73. The molecule has 0 radical (unpaired) electrons. The van der Waals surface area contributed by atoms with Gasteiger partial charge in [-0.1, -0.05) is 20.8 Å². The highest BCUT2D eigenvalue weighted by atomic mass is 32.1. The molecule has 1 aromatic rings. The number of nitrogens with one attached hydrogen (secondary N) is 1. The molecule has 1 aromatic heterocycles. The first-order valence-electron chi connectivity index (χ1n) is 8.02. The van der Waals surface area contributed by atoms with Crippen LogP contribution >= 0.6 is 11.3 Å². The average molecular weight is 313 g/mol. The Morgan fingerprint density at radius 3 is 2.33 bits per heavy atom. The third kappa shape index (κ3) is 5.57. The van der Waals surface area contributed by atoms with Crippen LogP contribution in [0.25, 0.3) is 0 Å². The lowest BCUT2D eigenvalue weighted by Crippen LogP contribution is -2.40. The second-order valence-electron chi connectivity index (χ2n) is 6.15. The van der Waals surface area contributed by atoms with E-state index in [1.165, 1.54) is 15.7 Å². The Morgan fingerprint density at radius 1 is 1.19 bits per heavy atom. The highest BCUT2D eigenvalue weighted by Gasteiger charge is 2.19. The van der Waals surface area contributed by atoms with E-state index in [9.17, 15) is 0 Å². The minimum atomic E-state index is 0.478. The van der Waals surface area contributed by atoms with Crippen molar-refractivity contribution in [3.63, 3.8) is 0 Å². The largest absolute Gasteiger partial charge is 0.344 e. The predicted molar refractivity (Wildman–Crippen MR) is 94.5 cm³/mol. The molecule has 0 saturated heterocycles. The van der Waals surface area contributed by atoms with E-state index in [0.717, 1.165) is 26.1 Å². The van der Waals surface area contributed by atoms with Crippen molar-refractivity contribution in [2.24, 2.45) is 0 Å². The third-order valence-corrected chi connectivity index (χ3v) is 4.66. The smallest absolute Gasteiger partial charge is 0.186 e. The molecule has 1 N–H and O–H groups in total. The van der Waals surface area contributed by atoms with Gasteiger partial charge in [-0.25, -0.2) is 4.98 Å². The number of thiazole rings is 1. The Bertz CT molecular complexity index is 414. The normalized spacial score (nSPS) is 13.2. The first-order chi connectivity index (χ1) is 9.88. The Hall–Kier alpha value is -0.650. The molecule has 4 nitrogen and oxygen atoms in total. The molecule has 21 heavy (non-hydrogen) atoms. The number of aromatic nitrogens is 1. The van der Waals surface area contributed by atoms with Crippen LogP contribution in [0.2, 0.25) is 0 Å². The highest BCUT2D eigenvalue weighted by Crippen LogP contribution is 2.28. The highest BCUT2D eigenvalue weighted by molar-refractivity contribution is 7.15. The second-order valence-corrected chi connectivity index (χ2v) is 7.21. The molecule has 0 spiro atoms. The van der Waals surface area contributed by atoms with Crippen LogP contribution in [0.3, 0.4) is 0 Å². The molecule has 0 bridgehead atoms. The number of hydrogen-bond donors (Lipinski definition) is 1. The molecule has 0 aliphatic heterocycles. The number of rotatable bonds is 9. The van der Waals surface area contributed by atoms with Gasteiger partial charge < -0.3 is 15.1 Å². The van der Waals surface area contributed by atoms with Gasteiger partial charge in [0.05, 0.1) is 5.69 Å². The van der Waals surface area contributed by atoms with Crippen LogP contribution in [0.4, 0.5) is 5.13 Å². The molecule has 0 aromatic carbocycles. The summed E-state index contributed by atoms with van der Waals surface area (Å²) in [5.74, 6) is 0. The molecule has 1 rings (SSSR count). The van der Waals surface area contributed by atoms with Crippen molar-refractivity contribution in [1.82, 2.24) is 15.2 Å². The van der Waals surface area contributed by atoms with Gasteiger partial charge in [0.25, 0.3) is 0 Å². The van der Waals surface area contributed by atoms with Crippen molar-refractivity contribution in [3.05, 3.63) is 10.6 Å². The average Bonchev–Trinajstić information content (AvgIpc) is 2.79. The Balaban J connectivity index is 2.89. The van der Waals surface area contributed by atoms with Crippen molar-refractivity contribution < 1.29 is 0 Å². The lowest BCUT2D eigenvalue weighted by atomic mass is 10.2. The zero-order valence-corrected chi connectivity index (χ0v) is 15.5. The standard InChI is InChI=1S/C16H32N4S/c1-8-14-15(10-17-12(3)4)21-16(18-14)20(9-2)13(5)11-19(6)7/h12-13,17H,8-11H2,1-7H3. The molecular weight excluding hydrogens is 280 g/mol. The minimum Gasteiger partial charge on any atom is -0.344 e. The monoisotopic (exact) mass is 312 g/mol. The summed E-state index contributed by atoms with van der Waals surface area (Å²) in [5, 5.41) is 4.68. The Labute approximate surface area is 134 Å². The lowest BCUT2D eigenvalue weighted by molar-refractivity contribution is 0.373. The van der Waals surface area contributed by atoms with Gasteiger partial charge in [0, 0.05) is 36.6 Å². The van der Waals surface area contributed by atoms with Gasteiger partial charge in [-0.15, -0.1) is 11.3 Å². The fourth-order valence-electron chi connectivity index (χ4n) is 2.47. The summed E-state index contributed by atoms with van der Waals surface area (Å²) in [7, 11) is 4.25. The van der Waals surface area contributed by atoms with Gasteiger partial charge >= 0.3 is 0 Å². The summed E-state index contributed by atoms with van der Waals surface area (Å²) < 4.78 is 0. The van der Waals surface area contributed by atoms with Crippen LogP contribution in [0.5, 0.6) is 0 Å². The van der Waals surface area contributed by atoms with Crippen molar-refractivity contribution in [3.8, 4) is 0 Å². The molecule has 0 fully saturated rings. The van der Waals surface area contributed by atoms with Crippen molar-refractivity contribution in [2.45, 2.75) is 59.7 Å². The summed E-state index contributed by atoms with van der Waals surface area (Å²) in [4.78, 5) is 10.9. The van der Waals surface area contributed by atoms with Crippen LogP contribution < -0.4 is 10.2 Å². The summed E-state index contributed by atoms with van der Waals surface area (Å²) in [5.41, 5.74) is 1.25. The van der Waals surface area contributed by atoms with Crippen LogP contribution in [0, 0.1) is 0 Å². The van der Waals surface area contributed by atoms with Crippen LogP contribution in [-0.4, -0.2) is 49.2 Å². The summed E-state index contributed by atoms with van der Waals surface area (Å²) in [6.07, 6.45) is 1.01. The van der Waals surface area contributed by atoms with Crippen LogP contribution in [-0.2, 0) is 13.0 Å². The maximum absolute atomic E-state index is 4.89. The zero-order chi connectivity index (χ0) is 16.0. The molecule has 1 atom stereocenters. The van der Waals surface area contributed by atoms with E-state index < -0.39 is 0 Å². The van der Waals surface area contributed by atoms with Gasteiger partial charge in [-0.05, 0) is 34.4 Å². The van der Waals surface area contributed by atoms with Gasteiger partial charge in [-0.2, -0.15) is 0 Å². The fraction of sp³-hybridized carbons (Fsp3) is 0.812. The van der Waals surface area contributed by atoms with Crippen LogP contribution in [0.15, 0.2) is 0 Å². The van der Waals surface area contributed by atoms with Gasteiger partial charge in [0.2, 0.25) is 0 Å². The number of nitrogens with zero attached hydrogens (tertiary/aromatic N) is 3. The molecule has 0 saturated carbocycles. The van der Waals surface area contributed by atoms with Gasteiger partial charge in [0.15, 0.2) is 5.13 Å².